The lowest BCUT2D eigenvalue weighted by Crippen LogP contribution is -1.99. The Balaban J connectivity index is 1.42. The number of fused-ring (bicyclic) bond motifs is 2. The Morgan fingerprint density at radius 3 is 2.44 bits per heavy atom. The smallest absolute Gasteiger partial charge is 0.227 e. The summed E-state index contributed by atoms with van der Waals surface area (Å²) in [5.74, 6) is 0.588. The summed E-state index contributed by atoms with van der Waals surface area (Å²) < 4.78 is 2.22. The lowest BCUT2D eigenvalue weighted by Gasteiger charge is -2.13. The Bertz CT molecular complexity index is 1550. The lowest BCUT2D eigenvalue weighted by atomic mass is 10.0. The Morgan fingerprint density at radius 1 is 0.688 bits per heavy atom. The number of nitrogens with one attached hydrogen (secondary N) is 1. The van der Waals surface area contributed by atoms with Gasteiger partial charge in [-0.15, -0.1) is 0 Å². The highest BCUT2D eigenvalue weighted by Gasteiger charge is 2.10. The van der Waals surface area contributed by atoms with Crippen LogP contribution in [0.25, 0.3) is 38.6 Å². The quantitative estimate of drug-likeness (QED) is 0.339. The number of nitrogens with zero attached hydrogens (tertiary/aromatic N) is 3. The first-order valence-electron chi connectivity index (χ1n) is 10.6. The fraction of sp³-hybridized carbons (Fsp3) is 0. The van der Waals surface area contributed by atoms with Gasteiger partial charge in [0.15, 0.2) is 0 Å². The van der Waals surface area contributed by atoms with Gasteiger partial charge >= 0.3 is 0 Å². The van der Waals surface area contributed by atoms with Gasteiger partial charge in [-0.2, -0.15) is 0 Å². The Hall–Kier alpha value is -4.44. The van der Waals surface area contributed by atoms with Crippen molar-refractivity contribution in [3.63, 3.8) is 0 Å². The van der Waals surface area contributed by atoms with Crippen LogP contribution in [0.2, 0.25) is 0 Å². The minimum atomic E-state index is 0.588. The number of rotatable bonds is 4. The van der Waals surface area contributed by atoms with Gasteiger partial charge in [-0.1, -0.05) is 66.7 Å². The summed E-state index contributed by atoms with van der Waals surface area (Å²) in [6.45, 7) is 0. The second kappa shape index (κ2) is 7.67. The number of hydrogen-bond acceptors (Lipinski definition) is 3. The zero-order chi connectivity index (χ0) is 21.3. The molecule has 4 nitrogen and oxygen atoms in total. The van der Waals surface area contributed by atoms with Crippen LogP contribution >= 0.6 is 0 Å². The fourth-order valence-corrected chi connectivity index (χ4v) is 4.11. The van der Waals surface area contributed by atoms with Crippen LogP contribution in [0.15, 0.2) is 116 Å². The summed E-state index contributed by atoms with van der Waals surface area (Å²) in [6, 6.07) is 35.4. The van der Waals surface area contributed by atoms with Crippen molar-refractivity contribution in [3.05, 3.63) is 116 Å². The van der Waals surface area contributed by atoms with Crippen LogP contribution in [-0.4, -0.2) is 14.5 Å². The molecule has 0 fully saturated rings. The largest absolute Gasteiger partial charge is 0.324 e. The average Bonchev–Trinajstić information content (AvgIpc) is 3.28. The van der Waals surface area contributed by atoms with Gasteiger partial charge in [-0.3, -0.25) is 0 Å². The number of anilines is 2. The highest BCUT2D eigenvalue weighted by atomic mass is 15.1. The third-order valence-corrected chi connectivity index (χ3v) is 5.70. The van der Waals surface area contributed by atoms with Crippen LogP contribution in [0, 0.1) is 0 Å². The van der Waals surface area contributed by atoms with E-state index in [2.05, 4.69) is 92.8 Å². The molecule has 0 atom stereocenters. The minimum absolute atomic E-state index is 0.588. The van der Waals surface area contributed by atoms with Crippen LogP contribution in [-0.2, 0) is 0 Å². The summed E-state index contributed by atoms with van der Waals surface area (Å²) in [4.78, 5) is 9.18. The van der Waals surface area contributed by atoms with Gasteiger partial charge in [0.25, 0.3) is 0 Å². The van der Waals surface area contributed by atoms with E-state index in [1.54, 1.807) is 0 Å². The summed E-state index contributed by atoms with van der Waals surface area (Å²) in [5, 5.41) is 5.66. The van der Waals surface area contributed by atoms with Crippen LogP contribution in [0.1, 0.15) is 0 Å². The first kappa shape index (κ1) is 18.3. The van der Waals surface area contributed by atoms with Crippen molar-refractivity contribution in [2.24, 2.45) is 0 Å². The van der Waals surface area contributed by atoms with Gasteiger partial charge in [0.05, 0.1) is 11.0 Å². The minimum Gasteiger partial charge on any atom is -0.324 e. The maximum absolute atomic E-state index is 4.67. The molecule has 0 saturated carbocycles. The Morgan fingerprint density at radius 2 is 1.50 bits per heavy atom. The number of aromatic nitrogens is 3. The van der Waals surface area contributed by atoms with E-state index in [4.69, 9.17) is 0 Å². The molecular formula is C28H20N4. The van der Waals surface area contributed by atoms with Crippen molar-refractivity contribution in [2.75, 3.05) is 5.32 Å². The van der Waals surface area contributed by atoms with E-state index in [0.717, 1.165) is 33.4 Å². The highest BCUT2D eigenvalue weighted by molar-refractivity contribution is 5.90. The number of benzene rings is 4. The molecule has 0 radical (unpaired) electrons. The van der Waals surface area contributed by atoms with Crippen molar-refractivity contribution < 1.29 is 0 Å². The molecule has 0 aliphatic heterocycles. The van der Waals surface area contributed by atoms with Crippen LogP contribution in [0.3, 0.4) is 0 Å². The number of para-hydroxylation sites is 3. The van der Waals surface area contributed by atoms with E-state index in [9.17, 15) is 0 Å². The predicted octanol–water partition coefficient (Wildman–Crippen LogP) is 6.98. The molecule has 2 aromatic heterocycles. The predicted molar refractivity (Wildman–Crippen MR) is 132 cm³/mol. The van der Waals surface area contributed by atoms with Gasteiger partial charge in [-0.25, -0.2) is 9.97 Å². The van der Waals surface area contributed by atoms with Gasteiger partial charge in [0, 0.05) is 34.7 Å². The van der Waals surface area contributed by atoms with Crippen LogP contribution in [0.4, 0.5) is 11.6 Å². The van der Waals surface area contributed by atoms with E-state index < -0.39 is 0 Å². The maximum Gasteiger partial charge on any atom is 0.227 e. The van der Waals surface area contributed by atoms with E-state index >= 15 is 0 Å². The average molecular weight is 412 g/mol. The molecule has 0 saturated heterocycles. The zero-order valence-corrected chi connectivity index (χ0v) is 17.3. The molecule has 1 N–H and O–H groups in total. The van der Waals surface area contributed by atoms with Crippen molar-refractivity contribution in [2.45, 2.75) is 0 Å². The van der Waals surface area contributed by atoms with Gasteiger partial charge in [-0.05, 0) is 47.3 Å². The van der Waals surface area contributed by atoms with Gasteiger partial charge < -0.3 is 9.88 Å². The summed E-state index contributed by atoms with van der Waals surface area (Å²) in [7, 11) is 0. The summed E-state index contributed by atoms with van der Waals surface area (Å²) in [5.41, 5.74) is 6.45. The zero-order valence-electron chi connectivity index (χ0n) is 17.3. The second-order valence-electron chi connectivity index (χ2n) is 7.72. The molecule has 0 bridgehead atoms. The summed E-state index contributed by atoms with van der Waals surface area (Å²) >= 11 is 0. The normalized spacial score (nSPS) is 11.1. The highest BCUT2D eigenvalue weighted by Crippen LogP contribution is 2.33. The third-order valence-electron chi connectivity index (χ3n) is 5.70. The molecule has 0 unspecified atom stereocenters. The molecule has 6 rings (SSSR count). The molecule has 0 aliphatic carbocycles. The Labute approximate surface area is 185 Å². The molecule has 2 heterocycles. The van der Waals surface area contributed by atoms with E-state index in [1.165, 1.54) is 10.9 Å². The first-order chi connectivity index (χ1) is 15.8. The van der Waals surface area contributed by atoms with E-state index in [0.29, 0.717) is 5.95 Å². The molecule has 0 aliphatic rings. The monoisotopic (exact) mass is 412 g/mol. The molecule has 0 spiro atoms. The Kier molecular flexibility index (Phi) is 4.40. The molecular weight excluding hydrogens is 392 g/mol. The van der Waals surface area contributed by atoms with Gasteiger partial charge in [0.1, 0.15) is 0 Å². The molecule has 6 aromatic rings. The molecule has 4 heteroatoms. The SMILES string of the molecule is c1ccc(-n2ccc3ccc(-c4ccccc4Nc4ncc5ccccc5n4)cc32)cc1. The van der Waals surface area contributed by atoms with Crippen molar-refractivity contribution in [1.82, 2.24) is 14.5 Å². The van der Waals surface area contributed by atoms with E-state index in [1.807, 2.05) is 42.6 Å². The first-order valence-corrected chi connectivity index (χ1v) is 10.6. The van der Waals surface area contributed by atoms with Crippen molar-refractivity contribution in [1.29, 1.82) is 0 Å². The molecule has 32 heavy (non-hydrogen) atoms. The van der Waals surface area contributed by atoms with E-state index in [-0.39, 0.29) is 0 Å². The molecule has 0 amide bonds. The van der Waals surface area contributed by atoms with Crippen molar-refractivity contribution >= 4 is 33.4 Å². The van der Waals surface area contributed by atoms with Crippen molar-refractivity contribution in [3.8, 4) is 16.8 Å². The third kappa shape index (κ3) is 3.28. The number of hydrogen-bond donors (Lipinski definition) is 1. The standard InChI is InChI=1S/C28H20N4/c1-2-9-23(10-3-1)32-17-16-20-14-15-21(18-27(20)32)24-11-5-7-13-26(24)31-28-29-19-22-8-4-6-12-25(22)30-28/h1-19H,(H,29,30,31). The summed E-state index contributed by atoms with van der Waals surface area (Å²) in [6.07, 6.45) is 3.98. The maximum atomic E-state index is 4.67. The van der Waals surface area contributed by atoms with Crippen LogP contribution in [0.5, 0.6) is 0 Å². The van der Waals surface area contributed by atoms with Gasteiger partial charge in [0.2, 0.25) is 5.95 Å². The second-order valence-corrected chi connectivity index (χ2v) is 7.72. The molecule has 152 valence electrons. The molecule has 4 aromatic carbocycles. The fourth-order valence-electron chi connectivity index (χ4n) is 4.11. The van der Waals surface area contributed by atoms with Crippen LogP contribution < -0.4 is 5.32 Å². The topological polar surface area (TPSA) is 42.7 Å². The lowest BCUT2D eigenvalue weighted by molar-refractivity contribution is 1.13.